The standard InChI is InChI=1S/C19H20N2O3S2/c1-23-15-6-8-16(9-7-15)24-11-13-25-14-19(22)21-17-4-2-3-5-18(17)26-12-10-20/h2-9H,11-14H2,1H3,(H,21,22). The highest BCUT2D eigenvalue weighted by Gasteiger charge is 2.07. The molecule has 1 N–H and O–H groups in total. The molecule has 0 spiro atoms. The molecule has 0 bridgehead atoms. The van der Waals surface area contributed by atoms with Gasteiger partial charge in [0.1, 0.15) is 11.5 Å². The SMILES string of the molecule is COc1ccc(OCCSCC(=O)Nc2ccccc2SCC#N)cc1. The largest absolute Gasteiger partial charge is 0.497 e. The van der Waals surface area contributed by atoms with Crippen LogP contribution in [0.1, 0.15) is 0 Å². The minimum absolute atomic E-state index is 0.0653. The van der Waals surface area contributed by atoms with Crippen molar-refractivity contribution in [2.45, 2.75) is 4.90 Å². The second kappa shape index (κ2) is 11.3. The molecule has 1 amide bonds. The van der Waals surface area contributed by atoms with Crippen LogP contribution < -0.4 is 14.8 Å². The van der Waals surface area contributed by atoms with Crippen molar-refractivity contribution in [3.63, 3.8) is 0 Å². The Bertz CT molecular complexity index is 745. The van der Waals surface area contributed by atoms with Crippen molar-refractivity contribution in [3.8, 4) is 17.6 Å². The van der Waals surface area contributed by atoms with Gasteiger partial charge in [0.2, 0.25) is 5.91 Å². The Hall–Kier alpha value is -2.30. The maximum Gasteiger partial charge on any atom is 0.234 e. The van der Waals surface area contributed by atoms with E-state index in [9.17, 15) is 4.79 Å². The normalized spacial score (nSPS) is 10.0. The molecule has 0 aromatic heterocycles. The summed E-state index contributed by atoms with van der Waals surface area (Å²) in [6.45, 7) is 0.527. The number of thioether (sulfide) groups is 2. The Kier molecular flexibility index (Phi) is 8.73. The highest BCUT2D eigenvalue weighted by molar-refractivity contribution is 8.00. The van der Waals surface area contributed by atoms with Crippen molar-refractivity contribution in [1.29, 1.82) is 5.26 Å². The third-order valence-corrected chi connectivity index (χ3v) is 5.10. The molecule has 5 nitrogen and oxygen atoms in total. The second-order valence-electron chi connectivity index (χ2n) is 5.07. The zero-order valence-corrected chi connectivity index (χ0v) is 16.1. The fraction of sp³-hybridized carbons (Fsp3) is 0.263. The molecule has 0 radical (unpaired) electrons. The van der Waals surface area contributed by atoms with Gasteiger partial charge in [0.15, 0.2) is 0 Å². The number of benzene rings is 2. The number of hydrogen-bond donors (Lipinski definition) is 1. The lowest BCUT2D eigenvalue weighted by Crippen LogP contribution is -2.15. The summed E-state index contributed by atoms with van der Waals surface area (Å²) in [6, 6.07) is 17.0. The van der Waals surface area contributed by atoms with E-state index in [1.807, 2.05) is 48.5 Å². The number of ether oxygens (including phenoxy) is 2. The molecule has 0 saturated heterocycles. The molecule has 0 heterocycles. The van der Waals surface area contributed by atoms with Crippen LogP contribution in [-0.2, 0) is 4.79 Å². The first-order valence-electron chi connectivity index (χ1n) is 7.96. The molecule has 0 saturated carbocycles. The molecular formula is C19H20N2O3S2. The summed E-state index contributed by atoms with van der Waals surface area (Å²) in [7, 11) is 1.62. The number of carbonyl (C=O) groups is 1. The molecule has 0 atom stereocenters. The van der Waals surface area contributed by atoms with E-state index in [1.165, 1.54) is 23.5 Å². The lowest BCUT2D eigenvalue weighted by molar-refractivity contribution is -0.113. The molecule has 0 unspecified atom stereocenters. The van der Waals surface area contributed by atoms with Crippen LogP contribution in [0, 0.1) is 11.3 Å². The van der Waals surface area contributed by atoms with E-state index in [0.717, 1.165) is 22.1 Å². The summed E-state index contributed by atoms with van der Waals surface area (Å²) >= 11 is 2.92. The number of hydrogen-bond acceptors (Lipinski definition) is 6. The number of rotatable bonds is 10. The van der Waals surface area contributed by atoms with Gasteiger partial charge in [-0.15, -0.1) is 23.5 Å². The van der Waals surface area contributed by atoms with Crippen LogP contribution >= 0.6 is 23.5 Å². The molecule has 26 heavy (non-hydrogen) atoms. The van der Waals surface area contributed by atoms with Gasteiger partial charge in [-0.1, -0.05) is 12.1 Å². The van der Waals surface area contributed by atoms with Gasteiger partial charge in [0, 0.05) is 10.6 Å². The summed E-state index contributed by atoms with van der Waals surface area (Å²) < 4.78 is 10.7. The van der Waals surface area contributed by atoms with Crippen LogP contribution in [0.2, 0.25) is 0 Å². The fourth-order valence-electron chi connectivity index (χ4n) is 2.05. The Balaban J connectivity index is 1.68. The number of amides is 1. The molecule has 136 valence electrons. The monoisotopic (exact) mass is 388 g/mol. The summed E-state index contributed by atoms with van der Waals surface area (Å²) in [5.74, 6) is 2.91. The Labute approximate surface area is 162 Å². The van der Waals surface area contributed by atoms with Crippen molar-refractivity contribution in [2.75, 3.05) is 36.3 Å². The van der Waals surface area contributed by atoms with Crippen LogP contribution in [0.5, 0.6) is 11.5 Å². The Morgan fingerprint density at radius 1 is 1.15 bits per heavy atom. The van der Waals surface area contributed by atoms with E-state index in [4.69, 9.17) is 14.7 Å². The zero-order chi connectivity index (χ0) is 18.6. The lowest BCUT2D eigenvalue weighted by Gasteiger charge is -2.10. The van der Waals surface area contributed by atoms with Crippen LogP contribution in [0.4, 0.5) is 5.69 Å². The van der Waals surface area contributed by atoms with Crippen LogP contribution in [0.25, 0.3) is 0 Å². The van der Waals surface area contributed by atoms with Crippen LogP contribution in [0.15, 0.2) is 53.4 Å². The van der Waals surface area contributed by atoms with Gasteiger partial charge in [-0.3, -0.25) is 4.79 Å². The molecule has 0 aliphatic heterocycles. The molecule has 0 aliphatic carbocycles. The number of methoxy groups -OCH3 is 1. The fourth-order valence-corrected chi connectivity index (χ4v) is 3.32. The van der Waals surface area contributed by atoms with Gasteiger partial charge >= 0.3 is 0 Å². The van der Waals surface area contributed by atoms with Crippen LogP contribution in [0.3, 0.4) is 0 Å². The van der Waals surface area contributed by atoms with Gasteiger partial charge in [0.25, 0.3) is 0 Å². The second-order valence-corrected chi connectivity index (χ2v) is 7.19. The first kappa shape index (κ1) is 20.0. The lowest BCUT2D eigenvalue weighted by atomic mass is 10.3. The highest BCUT2D eigenvalue weighted by Crippen LogP contribution is 2.26. The van der Waals surface area contributed by atoms with Gasteiger partial charge < -0.3 is 14.8 Å². The number of nitriles is 1. The van der Waals surface area contributed by atoms with Gasteiger partial charge in [-0.25, -0.2) is 0 Å². The van der Waals surface area contributed by atoms with Gasteiger partial charge in [-0.05, 0) is 36.4 Å². The minimum Gasteiger partial charge on any atom is -0.497 e. The molecule has 2 aromatic rings. The summed E-state index contributed by atoms with van der Waals surface area (Å²) in [5.41, 5.74) is 0.743. The van der Waals surface area contributed by atoms with E-state index in [1.54, 1.807) is 7.11 Å². The van der Waals surface area contributed by atoms with E-state index < -0.39 is 0 Å². The third-order valence-electron chi connectivity index (χ3n) is 3.24. The third kappa shape index (κ3) is 6.90. The predicted molar refractivity (Wildman–Crippen MR) is 107 cm³/mol. The average Bonchev–Trinajstić information content (AvgIpc) is 2.67. The molecule has 0 aliphatic rings. The molecule has 2 rings (SSSR count). The van der Waals surface area contributed by atoms with Crippen molar-refractivity contribution in [2.24, 2.45) is 0 Å². The maximum atomic E-state index is 12.1. The van der Waals surface area contributed by atoms with Crippen molar-refractivity contribution >= 4 is 35.1 Å². The first-order chi connectivity index (χ1) is 12.7. The number of carbonyl (C=O) groups excluding carboxylic acids is 1. The highest BCUT2D eigenvalue weighted by atomic mass is 32.2. The molecule has 0 fully saturated rings. The quantitative estimate of drug-likeness (QED) is 0.489. The van der Waals surface area contributed by atoms with Gasteiger partial charge in [0.05, 0.1) is 37.0 Å². The van der Waals surface area contributed by atoms with E-state index in [0.29, 0.717) is 23.9 Å². The number of anilines is 1. The van der Waals surface area contributed by atoms with Crippen molar-refractivity contribution in [3.05, 3.63) is 48.5 Å². The molecule has 2 aromatic carbocycles. The smallest absolute Gasteiger partial charge is 0.234 e. The number of nitrogens with zero attached hydrogens (tertiary/aromatic N) is 1. The zero-order valence-electron chi connectivity index (χ0n) is 14.4. The van der Waals surface area contributed by atoms with E-state index in [2.05, 4.69) is 11.4 Å². The predicted octanol–water partition coefficient (Wildman–Crippen LogP) is 4.06. The Morgan fingerprint density at radius 2 is 1.88 bits per heavy atom. The summed E-state index contributed by atoms with van der Waals surface area (Å²) in [5, 5.41) is 11.6. The maximum absolute atomic E-state index is 12.1. The summed E-state index contributed by atoms with van der Waals surface area (Å²) in [6.07, 6.45) is 0. The topological polar surface area (TPSA) is 71.3 Å². The number of para-hydroxylation sites is 1. The van der Waals surface area contributed by atoms with Crippen molar-refractivity contribution in [1.82, 2.24) is 0 Å². The molecule has 7 heteroatoms. The molecular weight excluding hydrogens is 368 g/mol. The first-order valence-corrected chi connectivity index (χ1v) is 10.1. The summed E-state index contributed by atoms with van der Waals surface area (Å²) in [4.78, 5) is 13.0. The average molecular weight is 389 g/mol. The Morgan fingerprint density at radius 3 is 2.62 bits per heavy atom. The van der Waals surface area contributed by atoms with E-state index in [-0.39, 0.29) is 5.91 Å². The van der Waals surface area contributed by atoms with Crippen molar-refractivity contribution < 1.29 is 14.3 Å². The van der Waals surface area contributed by atoms with E-state index >= 15 is 0 Å². The number of nitrogens with one attached hydrogen (secondary N) is 1. The van der Waals surface area contributed by atoms with Crippen LogP contribution in [-0.4, -0.2) is 36.9 Å². The minimum atomic E-state index is -0.0653. The van der Waals surface area contributed by atoms with Gasteiger partial charge in [-0.2, -0.15) is 5.26 Å².